The number of hydrogen-bond donors (Lipinski definition) is 0. The van der Waals surface area contributed by atoms with E-state index in [-0.39, 0.29) is 11.6 Å². The largest absolute Gasteiger partial charge is 0.300 e. The molecule has 0 aliphatic carbocycles. The summed E-state index contributed by atoms with van der Waals surface area (Å²) in [5.41, 5.74) is 0. The van der Waals surface area contributed by atoms with Gasteiger partial charge in [0, 0.05) is 12.8 Å². The predicted octanol–water partition coefficient (Wildman–Crippen LogP) is 3.49. The normalized spacial score (nSPS) is 15.2. The molecular formula is C14H26O2. The molecule has 0 spiro atoms. The summed E-state index contributed by atoms with van der Waals surface area (Å²) in [5.74, 6) is 2.04. The van der Waals surface area contributed by atoms with Crippen LogP contribution in [0.2, 0.25) is 0 Å². The van der Waals surface area contributed by atoms with Gasteiger partial charge in [0.1, 0.15) is 11.6 Å². The van der Waals surface area contributed by atoms with E-state index in [4.69, 9.17) is 0 Å². The fourth-order valence-electron chi connectivity index (χ4n) is 2.43. The molecule has 0 bridgehead atoms. The van der Waals surface area contributed by atoms with Gasteiger partial charge in [0.2, 0.25) is 0 Å². The maximum atomic E-state index is 11.3. The zero-order valence-corrected chi connectivity index (χ0v) is 11.5. The molecule has 0 aromatic carbocycles. The predicted molar refractivity (Wildman–Crippen MR) is 67.3 cm³/mol. The molecule has 0 amide bonds. The first-order chi connectivity index (χ1) is 7.25. The minimum atomic E-state index is 0.230. The first-order valence-corrected chi connectivity index (χ1v) is 6.24. The molecule has 2 unspecified atom stereocenters. The number of carbonyl (C=O) groups is 2. The number of carbonyl (C=O) groups excluding carboxylic acids is 2. The molecule has 0 saturated heterocycles. The van der Waals surface area contributed by atoms with Crippen LogP contribution in [-0.2, 0) is 9.59 Å². The first kappa shape index (κ1) is 15.3. The van der Waals surface area contributed by atoms with E-state index in [9.17, 15) is 9.59 Å². The van der Waals surface area contributed by atoms with Crippen molar-refractivity contribution in [1.82, 2.24) is 0 Å². The Morgan fingerprint density at radius 2 is 1.00 bits per heavy atom. The van der Waals surface area contributed by atoms with Gasteiger partial charge >= 0.3 is 0 Å². The molecule has 2 atom stereocenters. The minimum Gasteiger partial charge on any atom is -0.300 e. The van der Waals surface area contributed by atoms with Crippen LogP contribution in [0.5, 0.6) is 0 Å². The average molecular weight is 226 g/mol. The quantitative estimate of drug-likeness (QED) is 0.666. The molecule has 2 heteroatoms. The Hall–Kier alpha value is -0.660. The highest BCUT2D eigenvalue weighted by Gasteiger charge is 2.28. The number of ketones is 2. The van der Waals surface area contributed by atoms with E-state index in [1.807, 2.05) is 0 Å². The molecule has 0 radical (unpaired) electrons. The topological polar surface area (TPSA) is 34.1 Å². The standard InChI is InChI=1S/C14H26O2/c1-9(2)13(7-11(5)15)14(10(3)4)8-12(6)16/h9-10,13-14H,7-8H2,1-6H3. The molecule has 2 nitrogen and oxygen atoms in total. The molecule has 0 aromatic rings. The van der Waals surface area contributed by atoms with Gasteiger partial charge in [-0.15, -0.1) is 0 Å². The van der Waals surface area contributed by atoms with Crippen molar-refractivity contribution in [2.75, 3.05) is 0 Å². The molecule has 94 valence electrons. The highest BCUT2D eigenvalue weighted by molar-refractivity contribution is 5.77. The van der Waals surface area contributed by atoms with Gasteiger partial charge in [-0.25, -0.2) is 0 Å². The third-order valence-electron chi connectivity index (χ3n) is 3.31. The highest BCUT2D eigenvalue weighted by Crippen LogP contribution is 2.33. The van der Waals surface area contributed by atoms with Gasteiger partial charge in [0.05, 0.1) is 0 Å². The van der Waals surface area contributed by atoms with Crippen LogP contribution in [0.15, 0.2) is 0 Å². The second-order valence-electron chi connectivity index (χ2n) is 5.63. The van der Waals surface area contributed by atoms with E-state index in [1.165, 1.54) is 0 Å². The van der Waals surface area contributed by atoms with Gasteiger partial charge in [0.25, 0.3) is 0 Å². The Morgan fingerprint density at radius 1 is 0.750 bits per heavy atom. The second-order valence-corrected chi connectivity index (χ2v) is 5.63. The van der Waals surface area contributed by atoms with Crippen LogP contribution < -0.4 is 0 Å². The van der Waals surface area contributed by atoms with Gasteiger partial charge in [-0.3, -0.25) is 0 Å². The van der Waals surface area contributed by atoms with Gasteiger partial charge in [-0.2, -0.15) is 0 Å². The van der Waals surface area contributed by atoms with E-state index in [0.29, 0.717) is 36.5 Å². The summed E-state index contributed by atoms with van der Waals surface area (Å²) in [7, 11) is 0. The zero-order chi connectivity index (χ0) is 12.9. The molecule has 16 heavy (non-hydrogen) atoms. The Balaban J connectivity index is 4.79. The molecule has 0 saturated carbocycles. The maximum absolute atomic E-state index is 11.3. The van der Waals surface area contributed by atoms with Crippen molar-refractivity contribution < 1.29 is 9.59 Å². The van der Waals surface area contributed by atoms with E-state index >= 15 is 0 Å². The van der Waals surface area contributed by atoms with Crippen molar-refractivity contribution in [2.24, 2.45) is 23.7 Å². The summed E-state index contributed by atoms with van der Waals surface area (Å²) in [6, 6.07) is 0. The third kappa shape index (κ3) is 5.43. The van der Waals surface area contributed by atoms with E-state index in [2.05, 4.69) is 27.7 Å². The van der Waals surface area contributed by atoms with Gasteiger partial charge in [-0.1, -0.05) is 27.7 Å². The minimum absolute atomic E-state index is 0.230. The number of hydrogen-bond acceptors (Lipinski definition) is 2. The Bertz CT molecular complexity index is 215. The van der Waals surface area contributed by atoms with Crippen molar-refractivity contribution in [1.29, 1.82) is 0 Å². The van der Waals surface area contributed by atoms with Crippen molar-refractivity contribution >= 4 is 11.6 Å². The molecule has 0 aliphatic heterocycles. The monoisotopic (exact) mass is 226 g/mol. The van der Waals surface area contributed by atoms with Crippen molar-refractivity contribution in [3.8, 4) is 0 Å². The van der Waals surface area contributed by atoms with E-state index in [1.54, 1.807) is 13.8 Å². The van der Waals surface area contributed by atoms with Crippen LogP contribution in [0.3, 0.4) is 0 Å². The van der Waals surface area contributed by atoms with Gasteiger partial charge in [-0.05, 0) is 37.5 Å². The zero-order valence-electron chi connectivity index (χ0n) is 11.5. The number of Topliss-reactive ketones (excluding diaryl/α,β-unsaturated/α-hetero) is 2. The molecular weight excluding hydrogens is 200 g/mol. The maximum Gasteiger partial charge on any atom is 0.130 e. The SMILES string of the molecule is CC(=O)CC(C(C)C)C(CC(C)=O)C(C)C. The van der Waals surface area contributed by atoms with E-state index in [0.717, 1.165) is 0 Å². The Kier molecular flexibility index (Phi) is 6.54. The molecule has 0 fully saturated rings. The second kappa shape index (κ2) is 6.82. The van der Waals surface area contributed by atoms with Crippen LogP contribution in [0.1, 0.15) is 54.4 Å². The van der Waals surface area contributed by atoms with Crippen LogP contribution in [0.25, 0.3) is 0 Å². The Morgan fingerprint density at radius 3 is 1.12 bits per heavy atom. The summed E-state index contributed by atoms with van der Waals surface area (Å²) in [6.45, 7) is 11.8. The van der Waals surface area contributed by atoms with Crippen molar-refractivity contribution in [3.63, 3.8) is 0 Å². The molecule has 0 rings (SSSR count). The third-order valence-corrected chi connectivity index (χ3v) is 3.31. The highest BCUT2D eigenvalue weighted by atomic mass is 16.1. The lowest BCUT2D eigenvalue weighted by Crippen LogP contribution is -2.28. The fourth-order valence-corrected chi connectivity index (χ4v) is 2.43. The fraction of sp³-hybridized carbons (Fsp3) is 0.857. The summed E-state index contributed by atoms with van der Waals surface area (Å²) in [6.07, 6.45) is 1.21. The molecule has 0 aromatic heterocycles. The smallest absolute Gasteiger partial charge is 0.130 e. The summed E-state index contributed by atoms with van der Waals surface area (Å²) in [4.78, 5) is 22.6. The first-order valence-electron chi connectivity index (χ1n) is 6.24. The summed E-state index contributed by atoms with van der Waals surface area (Å²) in [5, 5.41) is 0. The average Bonchev–Trinajstić information content (AvgIpc) is 2.09. The lowest BCUT2D eigenvalue weighted by molar-refractivity contribution is -0.122. The molecule has 0 aliphatic rings. The van der Waals surface area contributed by atoms with Crippen LogP contribution in [-0.4, -0.2) is 11.6 Å². The molecule has 0 heterocycles. The van der Waals surface area contributed by atoms with Gasteiger partial charge in [0.15, 0.2) is 0 Å². The lowest BCUT2D eigenvalue weighted by atomic mass is 9.72. The molecule has 0 N–H and O–H groups in total. The summed E-state index contributed by atoms with van der Waals surface area (Å²) < 4.78 is 0. The lowest BCUT2D eigenvalue weighted by Gasteiger charge is -2.32. The van der Waals surface area contributed by atoms with Crippen molar-refractivity contribution in [2.45, 2.75) is 54.4 Å². The number of rotatable bonds is 7. The van der Waals surface area contributed by atoms with Gasteiger partial charge < -0.3 is 9.59 Å². The Labute approximate surface area is 99.8 Å². The van der Waals surface area contributed by atoms with Crippen LogP contribution in [0, 0.1) is 23.7 Å². The van der Waals surface area contributed by atoms with E-state index < -0.39 is 0 Å². The van der Waals surface area contributed by atoms with Crippen LogP contribution >= 0.6 is 0 Å². The summed E-state index contributed by atoms with van der Waals surface area (Å²) >= 11 is 0. The van der Waals surface area contributed by atoms with Crippen LogP contribution in [0.4, 0.5) is 0 Å². The van der Waals surface area contributed by atoms with Crippen molar-refractivity contribution in [3.05, 3.63) is 0 Å².